The molecule has 0 spiro atoms. The van der Waals surface area contributed by atoms with Gasteiger partial charge in [0.05, 0.1) is 0 Å². The van der Waals surface area contributed by atoms with Gasteiger partial charge < -0.3 is 15.3 Å². The van der Waals surface area contributed by atoms with Gasteiger partial charge in [-0.15, -0.1) is 0 Å². The van der Waals surface area contributed by atoms with Crippen molar-refractivity contribution in [3.8, 4) is 0 Å². The molecular formula is C2H6CdO3. The predicted molar refractivity (Wildman–Crippen MR) is 12.9 cm³/mol. The molecule has 0 N–H and O–H groups in total. The van der Waals surface area contributed by atoms with E-state index >= 15 is 0 Å². The largest absolute Gasteiger partial charge is 2.00 e. The molecular weight excluding hydrogens is 184 g/mol. The van der Waals surface area contributed by atoms with Gasteiger partial charge in [0.25, 0.3) is 0 Å². The Labute approximate surface area is 57.0 Å². The van der Waals surface area contributed by atoms with Crippen LogP contribution in [-0.2, 0) is 32.2 Å². The fraction of sp³-hybridized carbons (Fsp3) is 1.00. The summed E-state index contributed by atoms with van der Waals surface area (Å²) in [7, 11) is 1.82. The van der Waals surface area contributed by atoms with Crippen molar-refractivity contribution >= 4 is 0 Å². The molecule has 3 nitrogen and oxygen atoms in total. The second kappa shape index (κ2) is 41.2. The molecule has 0 radical (unpaired) electrons. The van der Waals surface area contributed by atoms with Crippen molar-refractivity contribution in [2.45, 2.75) is 0 Å². The minimum absolute atomic E-state index is 0. The summed E-state index contributed by atoms with van der Waals surface area (Å²) in [5, 5.41) is 16.7. The zero-order chi connectivity index (χ0) is 4.71. The van der Waals surface area contributed by atoms with Gasteiger partial charge >= 0.3 is 27.3 Å². The summed E-state index contributed by atoms with van der Waals surface area (Å²) < 4.78 is 0. The predicted octanol–water partition coefficient (Wildman–Crippen LogP) is -2.12. The van der Waals surface area contributed by atoms with Crippen LogP contribution in [-0.4, -0.2) is 14.2 Å². The van der Waals surface area contributed by atoms with Gasteiger partial charge in [0, 0.05) is 7.11 Å². The van der Waals surface area contributed by atoms with Gasteiger partial charge in [-0.25, -0.2) is 0 Å². The summed E-state index contributed by atoms with van der Waals surface area (Å²) >= 11 is 0. The van der Waals surface area contributed by atoms with Crippen molar-refractivity contribution in [3.05, 3.63) is 0 Å². The second-order valence-corrected chi connectivity index (χ2v) is 0.167. The number of rotatable bonds is 0. The molecule has 0 aliphatic carbocycles. The quantitative estimate of drug-likeness (QED) is 0.249. The monoisotopic (exact) mass is 192 g/mol. The summed E-state index contributed by atoms with van der Waals surface area (Å²) in [6.45, 7) is 0. The van der Waals surface area contributed by atoms with Crippen molar-refractivity contribution < 1.29 is 42.6 Å². The van der Waals surface area contributed by atoms with Crippen LogP contribution in [0.15, 0.2) is 0 Å². The van der Waals surface area contributed by atoms with Gasteiger partial charge in [-0.3, -0.25) is 0 Å². The Morgan fingerprint density at radius 2 is 1.33 bits per heavy atom. The van der Waals surface area contributed by atoms with Crippen LogP contribution in [0, 0.1) is 0 Å². The van der Waals surface area contributed by atoms with Crippen LogP contribution in [0.3, 0.4) is 0 Å². The first-order chi connectivity index (χ1) is 2.41. The van der Waals surface area contributed by atoms with E-state index in [0.717, 1.165) is 14.2 Å². The van der Waals surface area contributed by atoms with Crippen LogP contribution in [0.2, 0.25) is 0 Å². The van der Waals surface area contributed by atoms with Gasteiger partial charge in [-0.05, 0) is 0 Å². The number of hydrogen-bond donors (Lipinski definition) is 0. The molecule has 0 amide bonds. The SMILES string of the molecule is CO[O-].C[O-].[Cd+2]. The molecule has 0 aromatic heterocycles. The van der Waals surface area contributed by atoms with Crippen molar-refractivity contribution in [1.29, 1.82) is 0 Å². The molecule has 0 heterocycles. The van der Waals surface area contributed by atoms with Crippen molar-refractivity contribution in [2.24, 2.45) is 0 Å². The van der Waals surface area contributed by atoms with Gasteiger partial charge in [-0.2, -0.15) is 7.11 Å². The number of hydrogen-bond acceptors (Lipinski definition) is 3. The van der Waals surface area contributed by atoms with E-state index in [0.29, 0.717) is 0 Å². The third-order valence-corrected chi connectivity index (χ3v) is 0. The van der Waals surface area contributed by atoms with Crippen LogP contribution in [0.5, 0.6) is 0 Å². The van der Waals surface area contributed by atoms with Crippen molar-refractivity contribution in [3.63, 3.8) is 0 Å². The molecule has 0 fully saturated rings. The van der Waals surface area contributed by atoms with E-state index in [-0.39, 0.29) is 27.3 Å². The Balaban J connectivity index is -0.0000000275. The van der Waals surface area contributed by atoms with Crippen molar-refractivity contribution in [2.75, 3.05) is 14.2 Å². The third-order valence-electron chi connectivity index (χ3n) is 0. The summed E-state index contributed by atoms with van der Waals surface area (Å²) in [6.07, 6.45) is 0. The van der Waals surface area contributed by atoms with Gasteiger partial charge in [-0.1, -0.05) is 0 Å². The summed E-state index contributed by atoms with van der Waals surface area (Å²) in [5.41, 5.74) is 0. The van der Waals surface area contributed by atoms with E-state index < -0.39 is 0 Å². The molecule has 0 bridgehead atoms. The molecule has 0 aromatic rings. The summed E-state index contributed by atoms with van der Waals surface area (Å²) in [5.74, 6) is 0. The zero-order valence-electron chi connectivity index (χ0n) is 3.93. The first-order valence-electron chi connectivity index (χ1n) is 0.983. The molecule has 0 rings (SSSR count). The molecule has 0 saturated carbocycles. The molecule has 6 heavy (non-hydrogen) atoms. The fourth-order valence-electron chi connectivity index (χ4n) is 0. The van der Waals surface area contributed by atoms with Gasteiger partial charge in [0.15, 0.2) is 0 Å². The molecule has 34 valence electrons. The van der Waals surface area contributed by atoms with Crippen LogP contribution in [0.4, 0.5) is 0 Å². The minimum atomic E-state index is 0. The molecule has 0 aliphatic rings. The Morgan fingerprint density at radius 1 is 1.33 bits per heavy atom. The Kier molecular flexibility index (Phi) is 109. The molecule has 0 aromatic carbocycles. The maximum Gasteiger partial charge on any atom is 2.00 e. The first-order valence-corrected chi connectivity index (χ1v) is 0.983. The smallest absolute Gasteiger partial charge is 0.857 e. The van der Waals surface area contributed by atoms with Gasteiger partial charge in [0.1, 0.15) is 0 Å². The maximum atomic E-state index is 8.43. The minimum Gasteiger partial charge on any atom is -0.857 e. The van der Waals surface area contributed by atoms with E-state index in [1.165, 1.54) is 0 Å². The van der Waals surface area contributed by atoms with Gasteiger partial charge in [0.2, 0.25) is 0 Å². The van der Waals surface area contributed by atoms with Crippen molar-refractivity contribution in [1.82, 2.24) is 0 Å². The molecule has 0 atom stereocenters. The molecule has 0 saturated heterocycles. The molecule has 0 aliphatic heterocycles. The average molecular weight is 190 g/mol. The van der Waals surface area contributed by atoms with E-state index in [2.05, 4.69) is 4.89 Å². The van der Waals surface area contributed by atoms with E-state index in [1.54, 1.807) is 0 Å². The van der Waals surface area contributed by atoms with E-state index in [1.807, 2.05) is 0 Å². The normalized spacial score (nSPS) is 4.00. The van der Waals surface area contributed by atoms with Crippen LogP contribution in [0.25, 0.3) is 0 Å². The first kappa shape index (κ1) is 15.8. The summed E-state index contributed by atoms with van der Waals surface area (Å²) in [4.78, 5) is 3.00. The van der Waals surface area contributed by atoms with E-state index in [9.17, 15) is 0 Å². The Bertz CT molecular complexity index is 8.75. The van der Waals surface area contributed by atoms with E-state index in [4.69, 9.17) is 10.4 Å². The van der Waals surface area contributed by atoms with Crippen LogP contribution >= 0.6 is 0 Å². The topological polar surface area (TPSA) is 55.3 Å². The fourth-order valence-corrected chi connectivity index (χ4v) is 0. The molecule has 4 heteroatoms. The third kappa shape index (κ3) is 108. The Morgan fingerprint density at radius 3 is 1.33 bits per heavy atom. The standard InChI is InChI=1S/CH4O2.CH3O.Cd/c1-3-2;1-2;/h2H,1H3;1H3;/q;-1;+2/p-1. The average Bonchev–Trinajstić information content (AvgIpc) is 1.46. The van der Waals surface area contributed by atoms with Crippen LogP contribution in [0.1, 0.15) is 0 Å². The molecule has 0 unspecified atom stereocenters. The zero-order valence-corrected chi connectivity index (χ0v) is 7.97. The Hall–Kier alpha value is 0.802. The second-order valence-electron chi connectivity index (χ2n) is 0.167. The maximum absolute atomic E-state index is 8.43. The summed E-state index contributed by atoms with van der Waals surface area (Å²) in [6, 6.07) is 0. The van der Waals surface area contributed by atoms with Crippen LogP contribution < -0.4 is 10.4 Å².